The largest absolute Gasteiger partial charge is 0.325 e. The van der Waals surface area contributed by atoms with E-state index >= 15 is 0 Å². The summed E-state index contributed by atoms with van der Waals surface area (Å²) in [6.07, 6.45) is 0. The first-order valence-electron chi connectivity index (χ1n) is 9.85. The van der Waals surface area contributed by atoms with Crippen LogP contribution in [0.15, 0.2) is 71.6 Å². The molecule has 0 aliphatic heterocycles. The van der Waals surface area contributed by atoms with Crippen LogP contribution in [0.2, 0.25) is 0 Å². The van der Waals surface area contributed by atoms with E-state index in [9.17, 15) is 9.59 Å². The van der Waals surface area contributed by atoms with E-state index in [0.717, 1.165) is 21.7 Å². The van der Waals surface area contributed by atoms with Crippen LogP contribution >= 0.6 is 11.8 Å². The third-order valence-electron chi connectivity index (χ3n) is 4.94. The molecule has 2 amide bonds. The van der Waals surface area contributed by atoms with Crippen LogP contribution in [0.4, 0.5) is 11.4 Å². The Morgan fingerprint density at radius 3 is 2.23 bits per heavy atom. The van der Waals surface area contributed by atoms with E-state index < -0.39 is 0 Å². The van der Waals surface area contributed by atoms with Gasteiger partial charge in [-0.05, 0) is 80.8 Å². The molecule has 0 heterocycles. The first-order chi connectivity index (χ1) is 14.3. The van der Waals surface area contributed by atoms with Crippen LogP contribution in [0.1, 0.15) is 34.0 Å². The van der Waals surface area contributed by atoms with E-state index in [-0.39, 0.29) is 17.1 Å². The second-order valence-corrected chi connectivity index (χ2v) is 8.76. The highest BCUT2D eigenvalue weighted by Crippen LogP contribution is 2.27. The van der Waals surface area contributed by atoms with Crippen LogP contribution in [0.5, 0.6) is 0 Å². The molecule has 2 N–H and O–H groups in total. The van der Waals surface area contributed by atoms with Crippen LogP contribution in [-0.2, 0) is 4.79 Å². The quantitative estimate of drug-likeness (QED) is 0.484. The molecular formula is C25H26N2O2S. The first kappa shape index (κ1) is 21.7. The SMILES string of the molecule is Cc1ccc(NC(=O)C(C)Sc2cccc(NC(=O)c3ccccc3C)c2)cc1C. The fourth-order valence-electron chi connectivity index (χ4n) is 2.99. The topological polar surface area (TPSA) is 58.2 Å². The number of carbonyl (C=O) groups is 2. The fraction of sp³-hybridized carbons (Fsp3) is 0.200. The van der Waals surface area contributed by atoms with Gasteiger partial charge >= 0.3 is 0 Å². The number of nitrogens with one attached hydrogen (secondary N) is 2. The molecule has 3 rings (SSSR count). The lowest BCUT2D eigenvalue weighted by molar-refractivity contribution is -0.115. The Morgan fingerprint density at radius 1 is 0.767 bits per heavy atom. The molecule has 0 aromatic heterocycles. The summed E-state index contributed by atoms with van der Waals surface area (Å²) in [6.45, 7) is 7.86. The zero-order valence-electron chi connectivity index (χ0n) is 17.7. The molecular weight excluding hydrogens is 392 g/mol. The van der Waals surface area contributed by atoms with Crippen molar-refractivity contribution < 1.29 is 9.59 Å². The Hall–Kier alpha value is -3.05. The Kier molecular flexibility index (Phi) is 6.95. The Bertz CT molecular complexity index is 1080. The van der Waals surface area contributed by atoms with Gasteiger partial charge in [-0.2, -0.15) is 0 Å². The van der Waals surface area contributed by atoms with Gasteiger partial charge in [0.25, 0.3) is 5.91 Å². The van der Waals surface area contributed by atoms with Crippen LogP contribution in [0.25, 0.3) is 0 Å². The van der Waals surface area contributed by atoms with Gasteiger partial charge in [-0.15, -0.1) is 11.8 Å². The molecule has 0 spiro atoms. The summed E-state index contributed by atoms with van der Waals surface area (Å²) in [6, 6.07) is 20.9. The number of hydrogen-bond acceptors (Lipinski definition) is 3. The van der Waals surface area contributed by atoms with E-state index in [1.807, 2.05) is 94.4 Å². The Labute approximate surface area is 182 Å². The molecule has 30 heavy (non-hydrogen) atoms. The molecule has 0 saturated heterocycles. The van der Waals surface area contributed by atoms with Gasteiger partial charge in [0, 0.05) is 21.8 Å². The van der Waals surface area contributed by atoms with E-state index in [2.05, 4.69) is 10.6 Å². The monoisotopic (exact) mass is 418 g/mol. The molecule has 0 aliphatic carbocycles. The zero-order chi connectivity index (χ0) is 21.7. The van der Waals surface area contributed by atoms with E-state index in [1.165, 1.54) is 17.3 Å². The van der Waals surface area contributed by atoms with E-state index in [4.69, 9.17) is 0 Å². The van der Waals surface area contributed by atoms with Crippen molar-refractivity contribution >= 4 is 35.0 Å². The van der Waals surface area contributed by atoms with Gasteiger partial charge in [0.1, 0.15) is 0 Å². The maximum atomic E-state index is 12.6. The van der Waals surface area contributed by atoms with Crippen molar-refractivity contribution in [2.24, 2.45) is 0 Å². The minimum atomic E-state index is -0.283. The zero-order valence-corrected chi connectivity index (χ0v) is 18.5. The second-order valence-electron chi connectivity index (χ2n) is 7.35. The van der Waals surface area contributed by atoms with Crippen molar-refractivity contribution in [3.8, 4) is 0 Å². The number of amides is 2. The van der Waals surface area contributed by atoms with Crippen LogP contribution < -0.4 is 10.6 Å². The number of rotatable bonds is 6. The lowest BCUT2D eigenvalue weighted by atomic mass is 10.1. The fourth-order valence-corrected chi connectivity index (χ4v) is 3.92. The van der Waals surface area contributed by atoms with Gasteiger partial charge in [-0.1, -0.05) is 30.3 Å². The van der Waals surface area contributed by atoms with Crippen molar-refractivity contribution in [1.29, 1.82) is 0 Å². The lowest BCUT2D eigenvalue weighted by Gasteiger charge is -2.14. The predicted octanol–water partition coefficient (Wildman–Crippen LogP) is 5.98. The van der Waals surface area contributed by atoms with Crippen molar-refractivity contribution in [3.63, 3.8) is 0 Å². The maximum Gasteiger partial charge on any atom is 0.255 e. The summed E-state index contributed by atoms with van der Waals surface area (Å²) >= 11 is 1.46. The summed E-state index contributed by atoms with van der Waals surface area (Å²) in [7, 11) is 0. The number of benzene rings is 3. The van der Waals surface area contributed by atoms with E-state index in [1.54, 1.807) is 0 Å². The Morgan fingerprint density at radius 2 is 1.50 bits per heavy atom. The molecule has 3 aromatic carbocycles. The number of anilines is 2. The van der Waals surface area contributed by atoms with Crippen molar-refractivity contribution in [2.45, 2.75) is 37.8 Å². The summed E-state index contributed by atoms with van der Waals surface area (Å²) in [5, 5.41) is 5.63. The smallest absolute Gasteiger partial charge is 0.255 e. The standard InChI is InChI=1S/C25H26N2O2S/c1-16-12-13-21(14-18(16)3)26-24(28)19(4)30-22-10-7-9-20(15-22)27-25(29)23-11-6-5-8-17(23)2/h5-15,19H,1-4H3,(H,26,28)(H,27,29). The lowest BCUT2D eigenvalue weighted by Crippen LogP contribution is -2.22. The van der Waals surface area contributed by atoms with Crippen LogP contribution in [0, 0.1) is 20.8 Å². The highest BCUT2D eigenvalue weighted by molar-refractivity contribution is 8.00. The molecule has 0 saturated carbocycles. The highest BCUT2D eigenvalue weighted by atomic mass is 32.2. The van der Waals surface area contributed by atoms with Gasteiger partial charge in [-0.25, -0.2) is 0 Å². The van der Waals surface area contributed by atoms with Gasteiger partial charge < -0.3 is 10.6 Å². The molecule has 1 unspecified atom stereocenters. The van der Waals surface area contributed by atoms with Crippen LogP contribution in [-0.4, -0.2) is 17.1 Å². The third-order valence-corrected chi connectivity index (χ3v) is 6.03. The summed E-state index contributed by atoms with van der Waals surface area (Å²) in [5.41, 5.74) is 5.42. The molecule has 3 aromatic rings. The van der Waals surface area contributed by atoms with Crippen molar-refractivity contribution in [2.75, 3.05) is 10.6 Å². The summed E-state index contributed by atoms with van der Waals surface area (Å²) in [5.74, 6) is -0.201. The van der Waals surface area contributed by atoms with Gasteiger partial charge in [0.05, 0.1) is 5.25 Å². The normalized spacial score (nSPS) is 11.6. The minimum absolute atomic E-state index is 0.0578. The maximum absolute atomic E-state index is 12.6. The average Bonchev–Trinajstić information content (AvgIpc) is 2.71. The average molecular weight is 419 g/mol. The third kappa shape index (κ3) is 5.51. The van der Waals surface area contributed by atoms with Gasteiger partial charge in [0.15, 0.2) is 0 Å². The molecule has 1 atom stereocenters. The van der Waals surface area contributed by atoms with Gasteiger partial charge in [-0.3, -0.25) is 9.59 Å². The molecule has 0 radical (unpaired) electrons. The summed E-state index contributed by atoms with van der Waals surface area (Å²) in [4.78, 5) is 26.1. The Balaban J connectivity index is 1.64. The van der Waals surface area contributed by atoms with Crippen LogP contribution in [0.3, 0.4) is 0 Å². The predicted molar refractivity (Wildman–Crippen MR) is 125 cm³/mol. The minimum Gasteiger partial charge on any atom is -0.325 e. The number of thioether (sulfide) groups is 1. The molecule has 0 bridgehead atoms. The molecule has 4 nitrogen and oxygen atoms in total. The first-order valence-corrected chi connectivity index (χ1v) is 10.7. The number of hydrogen-bond donors (Lipinski definition) is 2. The molecule has 5 heteroatoms. The highest BCUT2D eigenvalue weighted by Gasteiger charge is 2.16. The van der Waals surface area contributed by atoms with Gasteiger partial charge in [0.2, 0.25) is 5.91 Å². The number of carbonyl (C=O) groups excluding carboxylic acids is 2. The number of aryl methyl sites for hydroxylation is 3. The van der Waals surface area contributed by atoms with Crippen molar-refractivity contribution in [1.82, 2.24) is 0 Å². The summed E-state index contributed by atoms with van der Waals surface area (Å²) < 4.78 is 0. The molecule has 0 fully saturated rings. The second kappa shape index (κ2) is 9.63. The van der Waals surface area contributed by atoms with Crippen molar-refractivity contribution in [3.05, 3.63) is 89.0 Å². The molecule has 0 aliphatic rings. The molecule has 154 valence electrons. The van der Waals surface area contributed by atoms with E-state index in [0.29, 0.717) is 11.3 Å².